The highest BCUT2D eigenvalue weighted by molar-refractivity contribution is 7.99. The Morgan fingerprint density at radius 1 is 1.40 bits per heavy atom. The first-order valence-electron chi connectivity index (χ1n) is 5.32. The molecule has 0 N–H and O–H groups in total. The topological polar surface area (TPSA) is 25.8 Å². The van der Waals surface area contributed by atoms with E-state index < -0.39 is 0 Å². The van der Waals surface area contributed by atoms with Gasteiger partial charge in [0.1, 0.15) is 16.0 Å². The Morgan fingerprint density at radius 3 is 2.73 bits per heavy atom. The summed E-state index contributed by atoms with van der Waals surface area (Å²) in [6.45, 7) is 6.49. The van der Waals surface area contributed by atoms with E-state index in [2.05, 4.69) is 23.8 Å². The monoisotopic (exact) mass is 244 g/mol. The van der Waals surface area contributed by atoms with Crippen molar-refractivity contribution in [2.75, 3.05) is 5.75 Å². The summed E-state index contributed by atoms with van der Waals surface area (Å²) in [5.41, 5.74) is 0. The number of halogens is 1. The van der Waals surface area contributed by atoms with Gasteiger partial charge in [0.05, 0.1) is 0 Å². The molecule has 84 valence electrons. The summed E-state index contributed by atoms with van der Waals surface area (Å²) < 4.78 is 0. The Labute approximate surface area is 101 Å². The summed E-state index contributed by atoms with van der Waals surface area (Å²) >= 11 is 7.67. The average molecular weight is 245 g/mol. The van der Waals surface area contributed by atoms with Crippen molar-refractivity contribution in [3.05, 3.63) is 17.0 Å². The maximum atomic E-state index is 5.91. The van der Waals surface area contributed by atoms with Gasteiger partial charge < -0.3 is 0 Å². The van der Waals surface area contributed by atoms with Crippen LogP contribution in [0.5, 0.6) is 0 Å². The van der Waals surface area contributed by atoms with Gasteiger partial charge in [-0.05, 0) is 5.92 Å². The van der Waals surface area contributed by atoms with Crippen molar-refractivity contribution in [2.24, 2.45) is 5.92 Å². The Hall–Kier alpha value is -0.280. The van der Waals surface area contributed by atoms with Crippen LogP contribution < -0.4 is 0 Å². The molecule has 4 heteroatoms. The second-order valence-corrected chi connectivity index (χ2v) is 5.05. The highest BCUT2D eigenvalue weighted by atomic mass is 35.5. The molecule has 0 radical (unpaired) electrons. The lowest BCUT2D eigenvalue weighted by molar-refractivity contribution is 0.636. The third-order valence-electron chi connectivity index (χ3n) is 2.25. The van der Waals surface area contributed by atoms with E-state index in [1.54, 1.807) is 11.8 Å². The number of hydrogen-bond acceptors (Lipinski definition) is 3. The van der Waals surface area contributed by atoms with Crippen LogP contribution in [0.1, 0.15) is 33.0 Å². The second-order valence-electron chi connectivity index (χ2n) is 3.62. The first-order valence-corrected chi connectivity index (χ1v) is 6.68. The minimum Gasteiger partial charge on any atom is -0.227 e. The van der Waals surface area contributed by atoms with Crippen molar-refractivity contribution in [1.29, 1.82) is 0 Å². The normalized spacial score (nSPS) is 12.8. The van der Waals surface area contributed by atoms with E-state index in [4.69, 9.17) is 11.6 Å². The highest BCUT2D eigenvalue weighted by Crippen LogP contribution is 2.22. The molecule has 1 atom stereocenters. The van der Waals surface area contributed by atoms with Gasteiger partial charge in [-0.15, -0.1) is 11.8 Å². The van der Waals surface area contributed by atoms with Crippen LogP contribution in [0.2, 0.25) is 5.15 Å². The fraction of sp³-hybridized carbons (Fsp3) is 0.636. The molecule has 0 aromatic carbocycles. The quantitative estimate of drug-likeness (QED) is 0.582. The third-order valence-corrected chi connectivity index (χ3v) is 3.68. The van der Waals surface area contributed by atoms with Crippen LogP contribution in [-0.2, 0) is 6.42 Å². The molecule has 0 amide bonds. The van der Waals surface area contributed by atoms with Gasteiger partial charge in [0.2, 0.25) is 0 Å². The van der Waals surface area contributed by atoms with Gasteiger partial charge in [0, 0.05) is 18.2 Å². The molecule has 15 heavy (non-hydrogen) atoms. The molecule has 0 aliphatic carbocycles. The Morgan fingerprint density at radius 2 is 2.13 bits per heavy atom. The van der Waals surface area contributed by atoms with Crippen LogP contribution in [0.3, 0.4) is 0 Å². The standard InChI is InChI=1S/C11H17ClN2S/c1-4-8(3)7-15-11-6-9(12)13-10(5-2)14-11/h6,8H,4-5,7H2,1-3H3. The van der Waals surface area contributed by atoms with Crippen molar-refractivity contribution in [1.82, 2.24) is 9.97 Å². The van der Waals surface area contributed by atoms with Crippen molar-refractivity contribution in [2.45, 2.75) is 38.6 Å². The van der Waals surface area contributed by atoms with Gasteiger partial charge in [-0.1, -0.05) is 38.8 Å². The zero-order chi connectivity index (χ0) is 11.3. The van der Waals surface area contributed by atoms with Crippen molar-refractivity contribution in [3.8, 4) is 0 Å². The molecule has 0 aliphatic heterocycles. The van der Waals surface area contributed by atoms with E-state index in [1.165, 1.54) is 6.42 Å². The lowest BCUT2D eigenvalue weighted by atomic mass is 10.2. The molecule has 1 heterocycles. The van der Waals surface area contributed by atoms with E-state index in [9.17, 15) is 0 Å². The minimum absolute atomic E-state index is 0.550. The largest absolute Gasteiger partial charge is 0.227 e. The number of rotatable bonds is 5. The number of aromatic nitrogens is 2. The lowest BCUT2D eigenvalue weighted by Crippen LogP contribution is -1.98. The fourth-order valence-electron chi connectivity index (χ4n) is 1.02. The molecule has 1 unspecified atom stereocenters. The summed E-state index contributed by atoms with van der Waals surface area (Å²) in [4.78, 5) is 8.57. The zero-order valence-electron chi connectivity index (χ0n) is 9.46. The minimum atomic E-state index is 0.550. The van der Waals surface area contributed by atoms with Crippen LogP contribution in [-0.4, -0.2) is 15.7 Å². The van der Waals surface area contributed by atoms with Gasteiger partial charge in [-0.3, -0.25) is 0 Å². The number of aryl methyl sites for hydroxylation is 1. The molecule has 0 aliphatic rings. The van der Waals surface area contributed by atoms with Crippen LogP contribution in [0.25, 0.3) is 0 Å². The van der Waals surface area contributed by atoms with Gasteiger partial charge in [-0.2, -0.15) is 0 Å². The van der Waals surface area contributed by atoms with Crippen molar-refractivity contribution >= 4 is 23.4 Å². The summed E-state index contributed by atoms with van der Waals surface area (Å²) in [7, 11) is 0. The first kappa shape index (κ1) is 12.8. The third kappa shape index (κ3) is 4.39. The summed E-state index contributed by atoms with van der Waals surface area (Å²) in [6.07, 6.45) is 2.03. The number of nitrogens with zero attached hydrogens (tertiary/aromatic N) is 2. The highest BCUT2D eigenvalue weighted by Gasteiger charge is 2.05. The van der Waals surface area contributed by atoms with Crippen LogP contribution >= 0.6 is 23.4 Å². The van der Waals surface area contributed by atoms with Crippen LogP contribution in [0.15, 0.2) is 11.1 Å². The predicted molar refractivity (Wildman–Crippen MR) is 66.6 cm³/mol. The Balaban J connectivity index is 2.64. The molecule has 1 rings (SSSR count). The summed E-state index contributed by atoms with van der Waals surface area (Å²) in [5, 5.41) is 1.54. The average Bonchev–Trinajstić information content (AvgIpc) is 2.25. The Bertz CT molecular complexity index is 317. The van der Waals surface area contributed by atoms with Crippen LogP contribution in [0.4, 0.5) is 0 Å². The fourth-order valence-corrected chi connectivity index (χ4v) is 2.34. The maximum absolute atomic E-state index is 5.91. The summed E-state index contributed by atoms with van der Waals surface area (Å²) in [6, 6.07) is 1.84. The van der Waals surface area contributed by atoms with E-state index in [0.29, 0.717) is 11.1 Å². The molecule has 0 saturated heterocycles. The molecule has 0 saturated carbocycles. The zero-order valence-corrected chi connectivity index (χ0v) is 11.0. The molecule has 0 fully saturated rings. The molecular weight excluding hydrogens is 228 g/mol. The number of thioether (sulfide) groups is 1. The van der Waals surface area contributed by atoms with Gasteiger partial charge in [-0.25, -0.2) is 9.97 Å². The predicted octanol–water partition coefficient (Wildman–Crippen LogP) is 3.83. The van der Waals surface area contributed by atoms with E-state index in [-0.39, 0.29) is 0 Å². The molecule has 0 bridgehead atoms. The second kappa shape index (κ2) is 6.33. The lowest BCUT2D eigenvalue weighted by Gasteiger charge is -2.07. The summed E-state index contributed by atoms with van der Waals surface area (Å²) in [5.74, 6) is 2.63. The van der Waals surface area contributed by atoms with Crippen molar-refractivity contribution in [3.63, 3.8) is 0 Å². The number of hydrogen-bond donors (Lipinski definition) is 0. The van der Waals surface area contributed by atoms with Gasteiger partial charge in [0.25, 0.3) is 0 Å². The molecule has 1 aromatic heterocycles. The first-order chi connectivity index (χ1) is 7.15. The Kier molecular flexibility index (Phi) is 5.40. The molecule has 2 nitrogen and oxygen atoms in total. The van der Waals surface area contributed by atoms with Gasteiger partial charge in [0.15, 0.2) is 0 Å². The van der Waals surface area contributed by atoms with E-state index in [1.807, 2.05) is 13.0 Å². The van der Waals surface area contributed by atoms with E-state index >= 15 is 0 Å². The van der Waals surface area contributed by atoms with Crippen molar-refractivity contribution < 1.29 is 0 Å². The SMILES string of the molecule is CCc1nc(Cl)cc(SCC(C)CC)n1. The smallest absolute Gasteiger partial charge is 0.133 e. The maximum Gasteiger partial charge on any atom is 0.133 e. The molecule has 0 spiro atoms. The van der Waals surface area contributed by atoms with Crippen LogP contribution in [0, 0.1) is 5.92 Å². The molecule has 1 aromatic rings. The molecular formula is C11H17ClN2S. The van der Waals surface area contributed by atoms with Gasteiger partial charge >= 0.3 is 0 Å². The van der Waals surface area contributed by atoms with E-state index in [0.717, 1.165) is 23.0 Å².